The molecule has 0 atom stereocenters. The van der Waals surface area contributed by atoms with E-state index in [0.717, 1.165) is 11.1 Å². The Hall–Kier alpha value is -0.765. The lowest BCUT2D eigenvalue weighted by Crippen LogP contribution is -2.06. The third kappa shape index (κ3) is 2.38. The van der Waals surface area contributed by atoms with Crippen LogP contribution in [-0.4, -0.2) is 20.9 Å². The van der Waals surface area contributed by atoms with Gasteiger partial charge in [-0.3, -0.25) is 0 Å². The highest BCUT2D eigenvalue weighted by atomic mass is 79.9. The number of carbonyl (C=O) groups excluding carboxylic acids is 1. The monoisotopic (exact) mass is 252 g/mol. The summed E-state index contributed by atoms with van der Waals surface area (Å²) in [6.45, 7) is 0. The summed E-state index contributed by atoms with van der Waals surface area (Å²) in [6.07, 6.45) is 0.340. The number of ether oxygens (including phenoxy) is 1. The molecule has 0 heterocycles. The Morgan fingerprint density at radius 1 is 1.57 bits per heavy atom. The normalized spacial score (nSPS) is 9.86. The average molecular weight is 253 g/mol. The molecule has 0 amide bonds. The molecule has 1 rings (SSSR count). The summed E-state index contributed by atoms with van der Waals surface area (Å²) >= 11 is 3.33. The molecule has 0 aliphatic heterocycles. The van der Waals surface area contributed by atoms with Crippen LogP contribution < -0.4 is 0 Å². The molecule has 0 unspecified atom stereocenters. The number of methoxy groups -OCH3 is 1. The van der Waals surface area contributed by atoms with Gasteiger partial charge < -0.3 is 4.74 Å². The van der Waals surface area contributed by atoms with E-state index < -0.39 is 0 Å². The Kier molecular flexibility index (Phi) is 4.20. The van der Waals surface area contributed by atoms with Crippen molar-refractivity contribution in [2.45, 2.75) is 11.7 Å². The minimum atomic E-state index is -0.340. The van der Waals surface area contributed by atoms with Crippen LogP contribution in [0.25, 0.3) is 0 Å². The molecule has 0 saturated carbocycles. The Labute approximate surface area is 93.2 Å². The highest BCUT2D eigenvalue weighted by Crippen LogP contribution is 2.15. The van der Waals surface area contributed by atoms with Crippen LogP contribution in [0.5, 0.6) is 0 Å². The molecule has 0 N–H and O–H groups in total. The predicted molar refractivity (Wildman–Crippen MR) is 59.9 cm³/mol. The van der Waals surface area contributed by atoms with Gasteiger partial charge in [-0.25, -0.2) is 4.79 Å². The first-order chi connectivity index (χ1) is 6.72. The fraction of sp³-hybridized carbons (Fsp3) is 0.300. The van der Waals surface area contributed by atoms with E-state index in [1.807, 2.05) is 12.1 Å². The molecular formula is C10H10BBrO2. The van der Waals surface area contributed by atoms with Gasteiger partial charge in [-0.2, -0.15) is 0 Å². The smallest absolute Gasteiger partial charge is 0.338 e. The third-order valence-corrected chi connectivity index (χ3v) is 2.60. The van der Waals surface area contributed by atoms with Crippen molar-refractivity contribution in [3.63, 3.8) is 0 Å². The lowest BCUT2D eigenvalue weighted by Gasteiger charge is -2.07. The Bertz CT molecular complexity index is 339. The van der Waals surface area contributed by atoms with Gasteiger partial charge in [-0.05, 0) is 17.2 Å². The molecule has 0 aliphatic carbocycles. The molecule has 0 aromatic heterocycles. The first-order valence-electron chi connectivity index (χ1n) is 4.19. The van der Waals surface area contributed by atoms with E-state index in [1.165, 1.54) is 7.11 Å². The number of carbonyl (C=O) groups is 1. The Morgan fingerprint density at radius 3 is 2.79 bits per heavy atom. The SMILES string of the molecule is [B]Cc1ccc(CBr)cc1C(=O)OC. The lowest BCUT2D eigenvalue weighted by atomic mass is 9.92. The van der Waals surface area contributed by atoms with Gasteiger partial charge in [0.1, 0.15) is 0 Å². The summed E-state index contributed by atoms with van der Waals surface area (Å²) in [5, 5.41) is 0.710. The largest absolute Gasteiger partial charge is 0.465 e. The number of hydrogen-bond acceptors (Lipinski definition) is 2. The van der Waals surface area contributed by atoms with E-state index in [-0.39, 0.29) is 5.97 Å². The van der Waals surface area contributed by atoms with E-state index in [1.54, 1.807) is 6.07 Å². The maximum absolute atomic E-state index is 11.4. The predicted octanol–water partition coefficient (Wildman–Crippen LogP) is 2.04. The van der Waals surface area contributed by atoms with Gasteiger partial charge in [0, 0.05) is 5.33 Å². The first kappa shape index (κ1) is 11.3. The second-order valence-corrected chi connectivity index (χ2v) is 3.38. The van der Waals surface area contributed by atoms with Crippen LogP contribution in [0.1, 0.15) is 21.5 Å². The van der Waals surface area contributed by atoms with Crippen molar-refractivity contribution in [2.75, 3.05) is 7.11 Å². The van der Waals surface area contributed by atoms with E-state index in [4.69, 9.17) is 7.85 Å². The number of esters is 1. The fourth-order valence-corrected chi connectivity index (χ4v) is 1.53. The van der Waals surface area contributed by atoms with Gasteiger partial charge in [-0.1, -0.05) is 34.4 Å². The second-order valence-electron chi connectivity index (χ2n) is 2.82. The van der Waals surface area contributed by atoms with Crippen molar-refractivity contribution in [3.05, 3.63) is 34.9 Å². The van der Waals surface area contributed by atoms with E-state index in [0.29, 0.717) is 17.2 Å². The van der Waals surface area contributed by atoms with Crippen LogP contribution in [0.15, 0.2) is 18.2 Å². The minimum Gasteiger partial charge on any atom is -0.465 e. The van der Waals surface area contributed by atoms with Crippen molar-refractivity contribution in [3.8, 4) is 0 Å². The second kappa shape index (κ2) is 5.20. The zero-order chi connectivity index (χ0) is 10.6. The Balaban J connectivity index is 3.14. The summed E-state index contributed by atoms with van der Waals surface area (Å²) in [5.41, 5.74) is 2.39. The molecule has 2 radical (unpaired) electrons. The van der Waals surface area contributed by atoms with E-state index >= 15 is 0 Å². The van der Waals surface area contributed by atoms with Gasteiger partial charge in [0.15, 0.2) is 0 Å². The third-order valence-electron chi connectivity index (χ3n) is 1.95. The van der Waals surface area contributed by atoms with Crippen LogP contribution in [-0.2, 0) is 16.4 Å². The molecule has 0 saturated heterocycles. The summed E-state index contributed by atoms with van der Waals surface area (Å²) < 4.78 is 4.67. The van der Waals surface area contributed by atoms with E-state index in [9.17, 15) is 4.79 Å². The van der Waals surface area contributed by atoms with Gasteiger partial charge in [0.2, 0.25) is 0 Å². The average Bonchev–Trinajstić information content (AvgIpc) is 2.27. The molecule has 4 heteroatoms. The molecule has 72 valence electrons. The number of rotatable bonds is 3. The van der Waals surface area contributed by atoms with E-state index in [2.05, 4.69) is 20.7 Å². The zero-order valence-electron chi connectivity index (χ0n) is 7.92. The molecule has 1 aromatic rings. The van der Waals surface area contributed by atoms with Crippen LogP contribution in [0, 0.1) is 0 Å². The summed E-state index contributed by atoms with van der Waals surface area (Å²) in [6, 6.07) is 5.58. The number of benzene rings is 1. The van der Waals surface area contributed by atoms with Gasteiger partial charge in [-0.15, -0.1) is 0 Å². The van der Waals surface area contributed by atoms with Crippen LogP contribution in [0.4, 0.5) is 0 Å². The highest BCUT2D eigenvalue weighted by molar-refractivity contribution is 9.08. The van der Waals surface area contributed by atoms with Crippen molar-refractivity contribution in [1.82, 2.24) is 0 Å². The maximum Gasteiger partial charge on any atom is 0.338 e. The molecule has 2 nitrogen and oxygen atoms in total. The summed E-state index contributed by atoms with van der Waals surface area (Å²) in [5.74, 6) is -0.340. The lowest BCUT2D eigenvalue weighted by molar-refractivity contribution is 0.0599. The van der Waals surface area contributed by atoms with Crippen LogP contribution in [0.3, 0.4) is 0 Å². The standard InChI is InChI=1S/C10H10BBrO2/c1-14-10(13)9-4-7(6-12)2-3-8(9)5-11/h2-4H,5-6H2,1H3. The molecular weight excluding hydrogens is 243 g/mol. The minimum absolute atomic E-state index is 0.340. The van der Waals surface area contributed by atoms with Gasteiger partial charge in [0.05, 0.1) is 20.5 Å². The molecule has 1 aromatic carbocycles. The maximum atomic E-state index is 11.4. The van der Waals surface area contributed by atoms with Crippen molar-refractivity contribution < 1.29 is 9.53 Å². The topological polar surface area (TPSA) is 26.3 Å². The molecule has 0 spiro atoms. The molecule has 14 heavy (non-hydrogen) atoms. The number of hydrogen-bond donors (Lipinski definition) is 0. The molecule has 0 fully saturated rings. The highest BCUT2D eigenvalue weighted by Gasteiger charge is 2.10. The van der Waals surface area contributed by atoms with Crippen molar-refractivity contribution in [2.24, 2.45) is 0 Å². The van der Waals surface area contributed by atoms with Crippen molar-refractivity contribution >= 4 is 29.7 Å². The molecule has 0 bridgehead atoms. The van der Waals surface area contributed by atoms with Gasteiger partial charge >= 0.3 is 5.97 Å². The summed E-state index contributed by atoms with van der Waals surface area (Å²) in [7, 11) is 6.88. The van der Waals surface area contributed by atoms with Gasteiger partial charge in [0.25, 0.3) is 0 Å². The van der Waals surface area contributed by atoms with Crippen molar-refractivity contribution in [1.29, 1.82) is 0 Å². The van der Waals surface area contributed by atoms with Crippen LogP contribution >= 0.6 is 15.9 Å². The fourth-order valence-electron chi connectivity index (χ4n) is 1.18. The molecule has 0 aliphatic rings. The summed E-state index contributed by atoms with van der Waals surface area (Å²) in [4.78, 5) is 11.4. The first-order valence-corrected chi connectivity index (χ1v) is 5.31. The number of halogens is 1. The van der Waals surface area contributed by atoms with Crippen LogP contribution in [0.2, 0.25) is 0 Å². The zero-order valence-corrected chi connectivity index (χ0v) is 9.50. The Morgan fingerprint density at radius 2 is 2.29 bits per heavy atom. The quantitative estimate of drug-likeness (QED) is 0.468. The number of alkyl halides is 1.